The van der Waals surface area contributed by atoms with Crippen LogP contribution in [0, 0.1) is 0 Å². The van der Waals surface area contributed by atoms with Crippen molar-refractivity contribution in [2.75, 3.05) is 13.1 Å². The van der Waals surface area contributed by atoms with E-state index in [1.54, 1.807) is 36.5 Å². The fourth-order valence-corrected chi connectivity index (χ4v) is 5.88. The molecule has 0 saturated carbocycles. The molecule has 282 valence electrons. The molecule has 1 fully saturated rings. The quantitative estimate of drug-likeness (QED) is 0.0392. The van der Waals surface area contributed by atoms with E-state index in [1.807, 2.05) is 24.3 Å². The van der Waals surface area contributed by atoms with Crippen LogP contribution in [0.2, 0.25) is 0 Å². The predicted molar refractivity (Wildman–Crippen MR) is 193 cm³/mol. The number of guanidine groups is 1. The van der Waals surface area contributed by atoms with Crippen LogP contribution in [-0.4, -0.2) is 101 Å². The zero-order valence-electron chi connectivity index (χ0n) is 29.0. The summed E-state index contributed by atoms with van der Waals surface area (Å²) in [5, 5.41) is 25.2. The molecule has 18 heteroatoms. The third-order valence-corrected chi connectivity index (χ3v) is 8.44. The molecule has 0 aliphatic carbocycles. The summed E-state index contributed by atoms with van der Waals surface area (Å²) in [5.74, 6) is -5.34. The van der Waals surface area contributed by atoms with Gasteiger partial charge < -0.3 is 53.5 Å². The molecule has 0 bridgehead atoms. The molecular weight excluding hydrogens is 688 g/mol. The fourth-order valence-electron chi connectivity index (χ4n) is 5.88. The van der Waals surface area contributed by atoms with Crippen LogP contribution in [0.15, 0.2) is 65.8 Å². The number of fused-ring (bicyclic) bond motifs is 1. The van der Waals surface area contributed by atoms with E-state index in [0.717, 1.165) is 10.9 Å². The minimum atomic E-state index is -1.27. The van der Waals surface area contributed by atoms with Crippen LogP contribution >= 0.6 is 0 Å². The Hall–Kier alpha value is -6.46. The van der Waals surface area contributed by atoms with Crippen molar-refractivity contribution in [2.24, 2.45) is 16.5 Å². The van der Waals surface area contributed by atoms with E-state index in [4.69, 9.17) is 16.6 Å². The number of carbonyl (C=O) groups is 7. The van der Waals surface area contributed by atoms with Gasteiger partial charge in [0.25, 0.3) is 0 Å². The van der Waals surface area contributed by atoms with Crippen molar-refractivity contribution in [2.45, 2.75) is 69.2 Å². The third-order valence-electron chi connectivity index (χ3n) is 8.44. The molecule has 12 N–H and O–H groups in total. The standard InChI is InChI=1S/C35H44N10O8/c1-19(46)41-24(12-7-13-38-35(36)37)31(50)42-25(14-20-8-3-2-4-9-20)32(51)44-28-16-27(45-34(28)53)33(52)43-26(30(49)40-18-29(47)48)15-21-17-39-23-11-6-5-10-22(21)23/h2-6,8-11,17,24-28,39H,7,12-16,18H2,1H3,(H,40,49)(H,41,46)(H,42,50)(H,43,52)(H,44,51)(H,45,53)(H,47,48)(H4,36,37,38)/t24-,25-,26-,27+,28+/m0/s1. The van der Waals surface area contributed by atoms with E-state index in [2.05, 4.69) is 41.9 Å². The molecule has 0 unspecified atom stereocenters. The number of carboxylic acids is 1. The lowest BCUT2D eigenvalue weighted by atomic mass is 10.0. The summed E-state index contributed by atoms with van der Waals surface area (Å²) in [6.07, 6.45) is 2.07. The Kier molecular flexibility index (Phi) is 13.9. The first-order valence-electron chi connectivity index (χ1n) is 16.9. The Morgan fingerprint density at radius 1 is 0.887 bits per heavy atom. The van der Waals surface area contributed by atoms with Gasteiger partial charge in [0.05, 0.1) is 0 Å². The van der Waals surface area contributed by atoms with Gasteiger partial charge in [0.2, 0.25) is 35.4 Å². The lowest BCUT2D eigenvalue weighted by molar-refractivity contribution is -0.138. The van der Waals surface area contributed by atoms with Gasteiger partial charge in [0.15, 0.2) is 5.96 Å². The van der Waals surface area contributed by atoms with Gasteiger partial charge in [-0.1, -0.05) is 48.5 Å². The second kappa shape index (κ2) is 18.7. The summed E-state index contributed by atoms with van der Waals surface area (Å²) in [6.45, 7) is 0.794. The molecule has 53 heavy (non-hydrogen) atoms. The number of aromatic nitrogens is 1. The average molecular weight is 733 g/mol. The molecule has 2 heterocycles. The van der Waals surface area contributed by atoms with Crippen LogP contribution in [0.4, 0.5) is 0 Å². The number of carbonyl (C=O) groups excluding carboxylic acids is 6. The van der Waals surface area contributed by atoms with Crippen molar-refractivity contribution in [3.8, 4) is 0 Å². The number of aliphatic imine (C=N–C) groups is 1. The minimum absolute atomic E-state index is 0.0106. The Morgan fingerprint density at radius 2 is 1.58 bits per heavy atom. The smallest absolute Gasteiger partial charge is 0.322 e. The molecule has 6 amide bonds. The van der Waals surface area contributed by atoms with E-state index >= 15 is 0 Å². The van der Waals surface area contributed by atoms with Crippen molar-refractivity contribution in [1.29, 1.82) is 0 Å². The highest BCUT2D eigenvalue weighted by molar-refractivity contribution is 5.99. The largest absolute Gasteiger partial charge is 0.480 e. The first kappa shape index (κ1) is 39.3. The van der Waals surface area contributed by atoms with Gasteiger partial charge in [0, 0.05) is 49.8 Å². The molecule has 1 aliphatic rings. The lowest BCUT2D eigenvalue weighted by Crippen LogP contribution is -2.56. The van der Waals surface area contributed by atoms with Crippen molar-refractivity contribution < 1.29 is 38.7 Å². The second-order valence-electron chi connectivity index (χ2n) is 12.5. The molecule has 18 nitrogen and oxygen atoms in total. The number of nitrogens with one attached hydrogen (secondary N) is 7. The summed E-state index contributed by atoms with van der Waals surface area (Å²) < 4.78 is 0. The monoisotopic (exact) mass is 732 g/mol. The molecule has 1 saturated heterocycles. The topological polar surface area (TPSA) is 292 Å². The molecule has 1 aliphatic heterocycles. The number of aromatic amines is 1. The Bertz CT molecular complexity index is 1840. The van der Waals surface area contributed by atoms with Crippen LogP contribution in [0.25, 0.3) is 10.9 Å². The Balaban J connectivity index is 1.45. The van der Waals surface area contributed by atoms with Crippen LogP contribution in [0.1, 0.15) is 37.3 Å². The Morgan fingerprint density at radius 3 is 2.28 bits per heavy atom. The van der Waals surface area contributed by atoms with E-state index in [-0.39, 0.29) is 38.2 Å². The van der Waals surface area contributed by atoms with Crippen molar-refractivity contribution in [3.05, 3.63) is 71.9 Å². The first-order chi connectivity index (χ1) is 25.3. The van der Waals surface area contributed by atoms with Gasteiger partial charge in [-0.3, -0.25) is 38.6 Å². The fraction of sp³-hybridized carbons (Fsp3) is 0.371. The maximum absolute atomic E-state index is 13.7. The molecule has 0 spiro atoms. The lowest BCUT2D eigenvalue weighted by Gasteiger charge is -2.24. The highest BCUT2D eigenvalue weighted by Gasteiger charge is 2.39. The average Bonchev–Trinajstić information content (AvgIpc) is 3.70. The van der Waals surface area contributed by atoms with Crippen molar-refractivity contribution >= 4 is 58.3 Å². The number of amides is 6. The zero-order chi connectivity index (χ0) is 38.5. The van der Waals surface area contributed by atoms with Gasteiger partial charge in [-0.05, 0) is 30.0 Å². The summed E-state index contributed by atoms with van der Waals surface area (Å²) >= 11 is 0. The van der Waals surface area contributed by atoms with E-state index in [0.29, 0.717) is 17.5 Å². The van der Waals surface area contributed by atoms with E-state index in [9.17, 15) is 33.6 Å². The number of carboxylic acid groups (broad SMARTS) is 1. The summed E-state index contributed by atoms with van der Waals surface area (Å²) in [5.41, 5.74) is 12.9. The number of aliphatic carboxylic acids is 1. The summed E-state index contributed by atoms with van der Waals surface area (Å²) in [6, 6.07) is 10.4. The maximum atomic E-state index is 13.7. The number of nitrogens with zero attached hydrogens (tertiary/aromatic N) is 1. The predicted octanol–water partition coefficient (Wildman–Crippen LogP) is -1.94. The van der Waals surface area contributed by atoms with Gasteiger partial charge in [-0.25, -0.2) is 0 Å². The van der Waals surface area contributed by atoms with Gasteiger partial charge in [-0.2, -0.15) is 0 Å². The minimum Gasteiger partial charge on any atom is -0.480 e. The molecule has 2 aromatic carbocycles. The Labute approximate surface area is 304 Å². The highest BCUT2D eigenvalue weighted by Crippen LogP contribution is 2.20. The van der Waals surface area contributed by atoms with Crippen LogP contribution in [0.5, 0.6) is 0 Å². The zero-order valence-corrected chi connectivity index (χ0v) is 29.0. The van der Waals surface area contributed by atoms with Crippen molar-refractivity contribution in [3.63, 3.8) is 0 Å². The molecule has 4 rings (SSSR count). The van der Waals surface area contributed by atoms with Gasteiger partial charge in [-0.15, -0.1) is 0 Å². The number of H-pyrrole nitrogens is 1. The van der Waals surface area contributed by atoms with Crippen LogP contribution in [-0.2, 0) is 46.4 Å². The molecule has 1 aromatic heterocycles. The number of rotatable bonds is 18. The SMILES string of the molecule is CC(=O)N[C@@H](CCCN=C(N)N)C(=O)N[C@@H](Cc1ccccc1)C(=O)N[C@@H]1C[C@H](C(=O)N[C@@H](Cc2c[nH]c3ccccc23)C(=O)NCC(=O)O)NC1=O. The normalized spacial score (nSPS) is 16.7. The second-order valence-corrected chi connectivity index (χ2v) is 12.5. The van der Waals surface area contributed by atoms with Gasteiger partial charge >= 0.3 is 5.97 Å². The highest BCUT2D eigenvalue weighted by atomic mass is 16.4. The van der Waals surface area contributed by atoms with Crippen LogP contribution < -0.4 is 43.4 Å². The number of benzene rings is 2. The van der Waals surface area contributed by atoms with E-state index in [1.165, 1.54) is 6.92 Å². The van der Waals surface area contributed by atoms with Crippen molar-refractivity contribution in [1.82, 2.24) is 36.9 Å². The number of para-hydroxylation sites is 1. The number of hydrogen-bond acceptors (Lipinski definition) is 8. The summed E-state index contributed by atoms with van der Waals surface area (Å²) in [7, 11) is 0. The number of hydrogen-bond donors (Lipinski definition) is 10. The van der Waals surface area contributed by atoms with Gasteiger partial charge in [0.1, 0.15) is 36.8 Å². The van der Waals surface area contributed by atoms with E-state index < -0.39 is 78.2 Å². The molecule has 5 atom stereocenters. The molecule has 3 aromatic rings. The summed E-state index contributed by atoms with van der Waals surface area (Å²) in [4.78, 5) is 96.6. The third kappa shape index (κ3) is 11.8. The number of nitrogens with two attached hydrogens (primary N) is 2. The maximum Gasteiger partial charge on any atom is 0.322 e. The molecular formula is C35H44N10O8. The molecule has 0 radical (unpaired) electrons. The first-order valence-corrected chi connectivity index (χ1v) is 16.9. The van der Waals surface area contributed by atoms with Crippen LogP contribution in [0.3, 0.4) is 0 Å².